The van der Waals surface area contributed by atoms with E-state index >= 15 is 0 Å². The summed E-state index contributed by atoms with van der Waals surface area (Å²) in [4.78, 5) is 33.1. The number of nitriles is 1. The van der Waals surface area contributed by atoms with E-state index in [4.69, 9.17) is 5.26 Å². The van der Waals surface area contributed by atoms with Crippen LogP contribution in [0.4, 0.5) is 10.2 Å². The summed E-state index contributed by atoms with van der Waals surface area (Å²) >= 11 is 3.30. The lowest BCUT2D eigenvalue weighted by Gasteiger charge is -2.35. The zero-order valence-electron chi connectivity index (χ0n) is 19.7. The highest BCUT2D eigenvalue weighted by atomic mass is 79.9. The van der Waals surface area contributed by atoms with E-state index in [1.54, 1.807) is 18.2 Å². The number of carbonyl (C=O) groups is 1. The maximum absolute atomic E-state index is 14.8. The number of piperazine rings is 1. The van der Waals surface area contributed by atoms with Gasteiger partial charge in [0.15, 0.2) is 0 Å². The van der Waals surface area contributed by atoms with Crippen molar-refractivity contribution >= 4 is 38.4 Å². The number of pyridine rings is 1. The molecule has 38 heavy (non-hydrogen) atoms. The fourth-order valence-electron chi connectivity index (χ4n) is 4.39. The highest BCUT2D eigenvalue weighted by molar-refractivity contribution is 9.10. The molecule has 3 N–H and O–H groups in total. The van der Waals surface area contributed by atoms with Crippen LogP contribution in [0.1, 0.15) is 27.2 Å². The largest absolute Gasteiger partial charge is 0.357 e. The number of aromatic amines is 1. The summed E-state index contributed by atoms with van der Waals surface area (Å²) in [6.45, 7) is 1.46. The maximum Gasteiger partial charge on any atom is 0.272 e. The summed E-state index contributed by atoms with van der Waals surface area (Å²) in [6.07, 6.45) is 1.48. The van der Waals surface area contributed by atoms with Crippen molar-refractivity contribution in [2.24, 2.45) is 0 Å². The number of benzene rings is 2. The van der Waals surface area contributed by atoms with E-state index in [2.05, 4.69) is 31.1 Å². The van der Waals surface area contributed by atoms with Crippen LogP contribution in [0.25, 0.3) is 10.8 Å². The number of fused-ring (bicyclic) bond motifs is 1. The molecule has 192 valence electrons. The molecule has 1 fully saturated rings. The van der Waals surface area contributed by atoms with Gasteiger partial charge in [0.05, 0.1) is 16.5 Å². The maximum atomic E-state index is 14.8. The Labute approximate surface area is 223 Å². The average molecular weight is 579 g/mol. The van der Waals surface area contributed by atoms with Crippen molar-refractivity contribution in [1.82, 2.24) is 20.1 Å². The molecule has 0 atom stereocenters. The van der Waals surface area contributed by atoms with E-state index in [0.717, 1.165) is 18.2 Å². The molecule has 10 nitrogen and oxygen atoms in total. The van der Waals surface area contributed by atoms with Gasteiger partial charge in [-0.15, -0.1) is 0 Å². The molecule has 0 saturated carbocycles. The van der Waals surface area contributed by atoms with Gasteiger partial charge >= 0.3 is 0 Å². The highest BCUT2D eigenvalue weighted by Gasteiger charge is 2.35. The van der Waals surface area contributed by atoms with Gasteiger partial charge in [-0.1, -0.05) is 22.0 Å². The molecule has 0 unspecified atom stereocenters. The lowest BCUT2D eigenvalue weighted by molar-refractivity contribution is -0.134. The summed E-state index contributed by atoms with van der Waals surface area (Å²) in [5.41, 5.74) is -0.864. The van der Waals surface area contributed by atoms with Gasteiger partial charge in [-0.25, -0.2) is 14.5 Å². The minimum Gasteiger partial charge on any atom is -0.357 e. The van der Waals surface area contributed by atoms with Crippen LogP contribution in [0.3, 0.4) is 0 Å². The molecular weight excluding hydrogens is 559 g/mol. The summed E-state index contributed by atoms with van der Waals surface area (Å²) < 4.78 is 15.4. The zero-order valence-corrected chi connectivity index (χ0v) is 21.3. The standard InChI is InChI=1S/C26H20BrFN6O4/c27-17-3-4-18-19(12-17)23(31-32-24(18)35)26(37,38)16-2-5-21(28)20(11-16)25(36)34-9-7-33(8-10-34)22-6-1-15(13-29)14-30-22/h1-6,11-12,14,37-38H,7-10H2,(H,32,35). The number of rotatable bonds is 4. The van der Waals surface area contributed by atoms with Gasteiger partial charge < -0.3 is 20.0 Å². The van der Waals surface area contributed by atoms with Crippen LogP contribution >= 0.6 is 15.9 Å². The van der Waals surface area contributed by atoms with Gasteiger partial charge in [-0.05, 0) is 42.5 Å². The molecule has 0 bridgehead atoms. The number of nitrogens with zero attached hydrogens (tertiary/aromatic N) is 5. The third-order valence-electron chi connectivity index (χ3n) is 6.45. The van der Waals surface area contributed by atoms with E-state index < -0.39 is 23.1 Å². The van der Waals surface area contributed by atoms with Crippen molar-refractivity contribution in [1.29, 1.82) is 5.26 Å². The van der Waals surface area contributed by atoms with Crippen LogP contribution in [-0.2, 0) is 5.79 Å². The number of aromatic nitrogens is 3. The Bertz CT molecular complexity index is 1640. The number of H-pyrrole nitrogens is 1. The van der Waals surface area contributed by atoms with Crippen molar-refractivity contribution < 1.29 is 19.4 Å². The molecular formula is C26H20BrFN6O4. The third kappa shape index (κ3) is 4.63. The molecule has 1 aliphatic rings. The Morgan fingerprint density at radius 1 is 1.08 bits per heavy atom. The second-order valence-electron chi connectivity index (χ2n) is 8.75. The summed E-state index contributed by atoms with van der Waals surface area (Å²) in [6, 6.07) is 13.3. The topological polar surface area (TPSA) is 146 Å². The summed E-state index contributed by atoms with van der Waals surface area (Å²) in [5.74, 6) is -3.49. The van der Waals surface area contributed by atoms with E-state index in [0.29, 0.717) is 28.9 Å². The van der Waals surface area contributed by atoms with Crippen LogP contribution in [0.2, 0.25) is 0 Å². The Hall–Kier alpha value is -4.18. The van der Waals surface area contributed by atoms with Gasteiger partial charge in [0.2, 0.25) is 5.79 Å². The number of carbonyl (C=O) groups excluding carboxylic acids is 1. The average Bonchev–Trinajstić information content (AvgIpc) is 2.93. The lowest BCUT2D eigenvalue weighted by Crippen LogP contribution is -2.49. The first-order valence-electron chi connectivity index (χ1n) is 11.5. The quantitative estimate of drug-likeness (QED) is 0.312. The normalized spacial score (nSPS) is 14.0. The number of hydrogen-bond donors (Lipinski definition) is 3. The molecule has 1 amide bonds. The van der Waals surface area contributed by atoms with Crippen LogP contribution in [0, 0.1) is 17.1 Å². The number of amides is 1. The fourth-order valence-corrected chi connectivity index (χ4v) is 4.76. The van der Waals surface area contributed by atoms with Crippen molar-refractivity contribution in [2.75, 3.05) is 31.1 Å². The predicted molar refractivity (Wildman–Crippen MR) is 139 cm³/mol. The Kier molecular flexibility index (Phi) is 6.66. The fraction of sp³-hybridized carbons (Fsp3) is 0.192. The molecule has 0 spiro atoms. The number of anilines is 1. The van der Waals surface area contributed by atoms with Gasteiger partial charge in [0.1, 0.15) is 23.4 Å². The number of aliphatic hydroxyl groups is 2. The Balaban J connectivity index is 1.41. The van der Waals surface area contributed by atoms with Crippen LogP contribution in [0.5, 0.6) is 0 Å². The summed E-state index contributed by atoms with van der Waals surface area (Å²) in [5, 5.41) is 37.6. The number of nitrogens with one attached hydrogen (secondary N) is 1. The molecule has 5 rings (SSSR count). The molecule has 1 saturated heterocycles. The van der Waals surface area contributed by atoms with Crippen LogP contribution < -0.4 is 10.5 Å². The van der Waals surface area contributed by atoms with E-state index in [9.17, 15) is 24.2 Å². The molecule has 0 radical (unpaired) electrons. The number of hydrogen-bond acceptors (Lipinski definition) is 8. The molecule has 2 aromatic heterocycles. The van der Waals surface area contributed by atoms with Crippen LogP contribution in [0.15, 0.2) is 64.0 Å². The zero-order chi connectivity index (χ0) is 27.0. The van der Waals surface area contributed by atoms with Gasteiger partial charge in [-0.3, -0.25) is 9.59 Å². The van der Waals surface area contributed by atoms with Crippen LogP contribution in [-0.4, -0.2) is 62.4 Å². The first-order valence-corrected chi connectivity index (χ1v) is 12.3. The van der Waals surface area contributed by atoms with E-state index in [-0.39, 0.29) is 40.7 Å². The van der Waals surface area contributed by atoms with Crippen molar-refractivity contribution in [2.45, 2.75) is 5.79 Å². The highest BCUT2D eigenvalue weighted by Crippen LogP contribution is 2.32. The summed E-state index contributed by atoms with van der Waals surface area (Å²) in [7, 11) is 0. The van der Waals surface area contributed by atoms with Gasteiger partial charge in [0, 0.05) is 47.8 Å². The molecule has 3 heterocycles. The molecule has 2 aromatic carbocycles. The van der Waals surface area contributed by atoms with E-state index in [1.807, 2.05) is 11.0 Å². The van der Waals surface area contributed by atoms with Gasteiger partial charge in [-0.2, -0.15) is 10.4 Å². The van der Waals surface area contributed by atoms with E-state index in [1.165, 1.54) is 23.2 Å². The second-order valence-corrected chi connectivity index (χ2v) is 9.67. The minimum atomic E-state index is -2.74. The molecule has 4 aromatic rings. The number of halogens is 2. The van der Waals surface area contributed by atoms with Crippen molar-refractivity contribution in [3.63, 3.8) is 0 Å². The molecule has 12 heteroatoms. The minimum absolute atomic E-state index is 0.179. The SMILES string of the molecule is N#Cc1ccc(N2CCN(C(=O)c3cc(C(O)(O)c4n[nH]c(=O)c5ccc(Br)cc45)ccc3F)CC2)nc1. The monoisotopic (exact) mass is 578 g/mol. The van der Waals surface area contributed by atoms with Crippen molar-refractivity contribution in [3.05, 3.63) is 97.8 Å². The Morgan fingerprint density at radius 3 is 2.53 bits per heavy atom. The first kappa shape index (κ1) is 25.5. The first-order chi connectivity index (χ1) is 18.2. The van der Waals surface area contributed by atoms with Gasteiger partial charge in [0.25, 0.3) is 11.5 Å². The Morgan fingerprint density at radius 2 is 1.84 bits per heavy atom. The molecule has 0 aliphatic carbocycles. The predicted octanol–water partition coefficient (Wildman–Crippen LogP) is 2.24. The lowest BCUT2D eigenvalue weighted by atomic mass is 9.96. The molecule has 1 aliphatic heterocycles. The smallest absolute Gasteiger partial charge is 0.272 e. The second kappa shape index (κ2) is 9.94. The third-order valence-corrected chi connectivity index (χ3v) is 6.94. The van der Waals surface area contributed by atoms with Crippen molar-refractivity contribution in [3.8, 4) is 6.07 Å².